The lowest BCUT2D eigenvalue weighted by Crippen LogP contribution is -2.25. The highest BCUT2D eigenvalue weighted by Crippen LogP contribution is 2.36. The molecule has 2 N–H and O–H groups in total. The van der Waals surface area contributed by atoms with Gasteiger partial charge in [0.05, 0.1) is 24.4 Å². The van der Waals surface area contributed by atoms with Crippen LogP contribution in [0.25, 0.3) is 0 Å². The predicted octanol–water partition coefficient (Wildman–Crippen LogP) is 3.31. The second-order valence-electron chi connectivity index (χ2n) is 5.27. The lowest BCUT2D eigenvalue weighted by atomic mass is 10.2. The number of hydrogen-bond donors (Lipinski definition) is 2. The Labute approximate surface area is 163 Å². The van der Waals surface area contributed by atoms with E-state index >= 15 is 0 Å². The van der Waals surface area contributed by atoms with E-state index in [1.54, 1.807) is 12.1 Å². The number of carbonyl (C=O) groups excluding carboxylic acids is 1. The van der Waals surface area contributed by atoms with Crippen LogP contribution in [-0.2, 0) is 4.79 Å². The fraction of sp³-hybridized carbons (Fsp3) is 0.200. The lowest BCUT2D eigenvalue weighted by Gasteiger charge is -2.12. The van der Waals surface area contributed by atoms with Gasteiger partial charge in [-0.15, -0.1) is 6.42 Å². The molecular formula is C20H20ClN3O3. The third kappa shape index (κ3) is 6.57. The van der Waals surface area contributed by atoms with Crippen molar-refractivity contribution >= 4 is 29.4 Å². The fourth-order valence-electron chi connectivity index (χ4n) is 2.14. The van der Waals surface area contributed by atoms with Gasteiger partial charge in [-0.1, -0.05) is 35.7 Å². The quantitative estimate of drug-likeness (QED) is 0.394. The summed E-state index contributed by atoms with van der Waals surface area (Å²) in [6, 6.07) is 12.8. The van der Waals surface area contributed by atoms with Crippen molar-refractivity contribution in [3.63, 3.8) is 0 Å². The van der Waals surface area contributed by atoms with Gasteiger partial charge in [0.1, 0.15) is 6.61 Å². The van der Waals surface area contributed by atoms with Crippen molar-refractivity contribution in [2.75, 3.05) is 25.1 Å². The number of ether oxygens (including phenoxy) is 2. The first-order valence-corrected chi connectivity index (χ1v) is 8.65. The largest absolute Gasteiger partial charge is 0.490 e. The maximum Gasteiger partial charge on any atom is 0.259 e. The van der Waals surface area contributed by atoms with E-state index in [4.69, 9.17) is 27.5 Å². The molecule has 27 heavy (non-hydrogen) atoms. The summed E-state index contributed by atoms with van der Waals surface area (Å²) < 4.78 is 11.0. The summed E-state index contributed by atoms with van der Waals surface area (Å²) in [6.45, 7) is 2.47. The smallest absolute Gasteiger partial charge is 0.259 e. The molecule has 2 aromatic carbocycles. The van der Waals surface area contributed by atoms with E-state index < -0.39 is 0 Å². The Balaban J connectivity index is 1.97. The first kappa shape index (κ1) is 20.1. The topological polar surface area (TPSA) is 72.0 Å². The zero-order chi connectivity index (χ0) is 19.5. The number of benzene rings is 2. The van der Waals surface area contributed by atoms with Gasteiger partial charge in [-0.25, -0.2) is 5.43 Å². The van der Waals surface area contributed by atoms with Gasteiger partial charge in [0.15, 0.2) is 11.5 Å². The molecule has 2 rings (SSSR count). The van der Waals surface area contributed by atoms with E-state index in [9.17, 15) is 4.79 Å². The van der Waals surface area contributed by atoms with Crippen molar-refractivity contribution in [1.29, 1.82) is 0 Å². The molecule has 0 fully saturated rings. The number of halogens is 1. The van der Waals surface area contributed by atoms with E-state index in [2.05, 4.69) is 21.8 Å². The first-order valence-electron chi connectivity index (χ1n) is 8.27. The zero-order valence-corrected chi connectivity index (χ0v) is 15.6. The van der Waals surface area contributed by atoms with Crippen LogP contribution in [0.1, 0.15) is 12.5 Å². The highest BCUT2D eigenvalue weighted by molar-refractivity contribution is 6.32. The lowest BCUT2D eigenvalue weighted by molar-refractivity contribution is -0.119. The summed E-state index contributed by atoms with van der Waals surface area (Å²) >= 11 is 6.23. The molecule has 0 aromatic heterocycles. The molecule has 6 nitrogen and oxygen atoms in total. The van der Waals surface area contributed by atoms with Gasteiger partial charge >= 0.3 is 0 Å². The number of hydrogen-bond acceptors (Lipinski definition) is 5. The summed E-state index contributed by atoms with van der Waals surface area (Å²) in [5.41, 5.74) is 3.95. The van der Waals surface area contributed by atoms with Gasteiger partial charge in [-0.3, -0.25) is 4.79 Å². The van der Waals surface area contributed by atoms with Crippen molar-refractivity contribution < 1.29 is 14.3 Å². The Kier molecular flexibility index (Phi) is 8.01. The molecular weight excluding hydrogens is 366 g/mol. The Morgan fingerprint density at radius 2 is 2.07 bits per heavy atom. The maximum absolute atomic E-state index is 11.8. The highest BCUT2D eigenvalue weighted by atomic mass is 35.5. The van der Waals surface area contributed by atoms with Crippen molar-refractivity contribution in [2.45, 2.75) is 6.92 Å². The fourth-order valence-corrected chi connectivity index (χ4v) is 2.41. The van der Waals surface area contributed by atoms with E-state index in [-0.39, 0.29) is 19.1 Å². The van der Waals surface area contributed by atoms with Crippen LogP contribution in [-0.4, -0.2) is 31.9 Å². The molecule has 0 saturated carbocycles. The van der Waals surface area contributed by atoms with Crippen molar-refractivity contribution in [3.05, 3.63) is 53.1 Å². The van der Waals surface area contributed by atoms with Crippen LogP contribution >= 0.6 is 11.6 Å². The van der Waals surface area contributed by atoms with Gasteiger partial charge in [-0.05, 0) is 36.8 Å². The zero-order valence-electron chi connectivity index (χ0n) is 14.9. The number of terminal acetylenes is 1. The number of nitrogens with one attached hydrogen (secondary N) is 2. The molecule has 140 valence electrons. The monoisotopic (exact) mass is 385 g/mol. The minimum atomic E-state index is -0.278. The first-order chi connectivity index (χ1) is 13.1. The van der Waals surface area contributed by atoms with Crippen molar-refractivity contribution in [1.82, 2.24) is 5.43 Å². The molecule has 0 spiro atoms. The van der Waals surface area contributed by atoms with Crippen LogP contribution in [0.5, 0.6) is 11.5 Å². The number of carbonyl (C=O) groups is 1. The standard InChI is InChI=1S/C20H20ClN3O3/c1-3-10-27-20-17(21)11-15(12-18(20)26-4-2)13-23-24-19(25)14-22-16-8-6-5-7-9-16/h1,5-9,11-13,22H,4,10,14H2,2H3,(H,24,25)/b23-13-. The number of nitrogens with zero attached hydrogens (tertiary/aromatic N) is 1. The van der Waals surface area contributed by atoms with Crippen LogP contribution in [0, 0.1) is 12.3 Å². The van der Waals surface area contributed by atoms with Crippen LogP contribution < -0.4 is 20.2 Å². The number of rotatable bonds is 9. The molecule has 0 atom stereocenters. The number of anilines is 1. The summed E-state index contributed by atoms with van der Waals surface area (Å²) in [6.07, 6.45) is 6.68. The van der Waals surface area contributed by atoms with Crippen LogP contribution in [0.2, 0.25) is 5.02 Å². The molecule has 0 aliphatic carbocycles. The Bertz CT molecular complexity index is 832. The third-order valence-electron chi connectivity index (χ3n) is 3.26. The average molecular weight is 386 g/mol. The molecule has 0 aliphatic heterocycles. The van der Waals surface area contributed by atoms with Gasteiger partial charge < -0.3 is 14.8 Å². The maximum atomic E-state index is 11.8. The summed E-state index contributed by atoms with van der Waals surface area (Å²) in [4.78, 5) is 11.8. The summed E-state index contributed by atoms with van der Waals surface area (Å²) in [5, 5.41) is 7.27. The van der Waals surface area contributed by atoms with Gasteiger partial charge in [0.25, 0.3) is 5.91 Å². The van der Waals surface area contributed by atoms with E-state index in [0.29, 0.717) is 28.7 Å². The van der Waals surface area contributed by atoms with E-state index in [0.717, 1.165) is 5.69 Å². The van der Waals surface area contributed by atoms with E-state index in [1.165, 1.54) is 6.21 Å². The molecule has 0 aliphatic rings. The third-order valence-corrected chi connectivity index (χ3v) is 3.54. The molecule has 7 heteroatoms. The Morgan fingerprint density at radius 3 is 2.78 bits per heavy atom. The predicted molar refractivity (Wildman–Crippen MR) is 108 cm³/mol. The van der Waals surface area contributed by atoms with Crippen molar-refractivity contribution in [3.8, 4) is 23.8 Å². The van der Waals surface area contributed by atoms with E-state index in [1.807, 2.05) is 37.3 Å². The summed E-state index contributed by atoms with van der Waals surface area (Å²) in [7, 11) is 0. The van der Waals surface area contributed by atoms with Gasteiger partial charge in [-0.2, -0.15) is 5.10 Å². The molecule has 0 bridgehead atoms. The number of para-hydroxylation sites is 1. The normalized spacial score (nSPS) is 10.3. The van der Waals surface area contributed by atoms with Gasteiger partial charge in [0, 0.05) is 5.69 Å². The average Bonchev–Trinajstić information content (AvgIpc) is 2.67. The molecule has 0 saturated heterocycles. The van der Waals surface area contributed by atoms with Crippen LogP contribution in [0.3, 0.4) is 0 Å². The van der Waals surface area contributed by atoms with Crippen LogP contribution in [0.15, 0.2) is 47.6 Å². The van der Waals surface area contributed by atoms with Crippen LogP contribution in [0.4, 0.5) is 5.69 Å². The summed E-state index contributed by atoms with van der Waals surface area (Å²) in [5.74, 6) is 2.94. The minimum absolute atomic E-state index is 0.0811. The molecule has 1 amide bonds. The SMILES string of the molecule is C#CCOc1c(Cl)cc(/C=N\NC(=O)CNc2ccccc2)cc1OCC. The Morgan fingerprint density at radius 1 is 1.30 bits per heavy atom. The molecule has 0 radical (unpaired) electrons. The Hall–Kier alpha value is -3.17. The molecule has 0 heterocycles. The molecule has 0 unspecified atom stereocenters. The molecule has 2 aromatic rings. The van der Waals surface area contributed by atoms with Crippen molar-refractivity contribution in [2.24, 2.45) is 5.10 Å². The second-order valence-corrected chi connectivity index (χ2v) is 5.68. The number of hydrazone groups is 1. The highest BCUT2D eigenvalue weighted by Gasteiger charge is 2.12. The number of amides is 1. The van der Waals surface area contributed by atoms with Gasteiger partial charge in [0.2, 0.25) is 0 Å². The minimum Gasteiger partial charge on any atom is -0.490 e. The second kappa shape index (κ2) is 10.7.